The molecule has 3 aromatic rings. The Morgan fingerprint density at radius 3 is 1.90 bits per heavy atom. The molecule has 1 aromatic heterocycles. The van der Waals surface area contributed by atoms with Gasteiger partial charge in [0.05, 0.1) is 0 Å². The van der Waals surface area contributed by atoms with Gasteiger partial charge in [-0.15, -0.1) is 0 Å². The second-order valence-corrected chi connectivity index (χ2v) is 7.08. The van der Waals surface area contributed by atoms with Crippen LogP contribution in [0, 0.1) is 0 Å². The molecule has 1 heterocycles. The summed E-state index contributed by atoms with van der Waals surface area (Å²) >= 11 is 0. The Morgan fingerprint density at radius 2 is 1.43 bits per heavy atom. The van der Waals surface area contributed by atoms with Gasteiger partial charge in [0, 0.05) is 31.9 Å². The number of ether oxygens (including phenoxy) is 1. The van der Waals surface area contributed by atoms with Crippen molar-refractivity contribution in [3.63, 3.8) is 0 Å². The van der Waals surface area contributed by atoms with Crippen molar-refractivity contribution in [3.8, 4) is 0 Å². The summed E-state index contributed by atoms with van der Waals surface area (Å²) in [4.78, 5) is 38.5. The van der Waals surface area contributed by atoms with E-state index in [9.17, 15) is 14.4 Å². The zero-order valence-electron chi connectivity index (χ0n) is 17.1. The molecule has 0 aliphatic heterocycles. The van der Waals surface area contributed by atoms with Crippen molar-refractivity contribution >= 4 is 17.7 Å². The fourth-order valence-electron chi connectivity index (χ4n) is 3.09. The highest BCUT2D eigenvalue weighted by atomic mass is 16.5. The summed E-state index contributed by atoms with van der Waals surface area (Å²) in [6, 6.07) is 20.8. The van der Waals surface area contributed by atoms with Gasteiger partial charge in [0.25, 0.3) is 5.91 Å². The fraction of sp³-hybridized carbons (Fsp3) is 0.208. The number of amides is 1. The van der Waals surface area contributed by atoms with Crippen molar-refractivity contribution < 1.29 is 19.1 Å². The van der Waals surface area contributed by atoms with Crippen molar-refractivity contribution in [3.05, 3.63) is 95.3 Å². The largest absolute Gasteiger partial charge is 0.451 e. The lowest BCUT2D eigenvalue weighted by molar-refractivity contribution is -0.135. The van der Waals surface area contributed by atoms with Crippen LogP contribution in [0.2, 0.25) is 0 Å². The van der Waals surface area contributed by atoms with Gasteiger partial charge in [0.1, 0.15) is 5.69 Å². The standard InChI is InChI=1S/C24H24N2O4/c1-18(27)21-13-22(25(2)16-21)24(29)30-17-23(28)26(14-19-9-5-3-6-10-19)15-20-11-7-4-8-12-20/h3-13,16H,14-15,17H2,1-2H3. The Labute approximate surface area is 175 Å². The minimum absolute atomic E-state index is 0.141. The van der Waals surface area contributed by atoms with Crippen LogP contribution in [0.25, 0.3) is 0 Å². The normalized spacial score (nSPS) is 10.5. The lowest BCUT2D eigenvalue weighted by Crippen LogP contribution is -2.34. The Balaban J connectivity index is 1.69. The highest BCUT2D eigenvalue weighted by Gasteiger charge is 2.20. The molecular formula is C24H24N2O4. The molecule has 0 spiro atoms. The quantitative estimate of drug-likeness (QED) is 0.425. The summed E-state index contributed by atoms with van der Waals surface area (Å²) in [5.41, 5.74) is 2.62. The number of benzene rings is 2. The van der Waals surface area contributed by atoms with Crippen LogP contribution in [0.15, 0.2) is 72.9 Å². The Kier molecular flexibility index (Phi) is 6.80. The molecule has 3 rings (SSSR count). The molecule has 0 fully saturated rings. The first-order valence-electron chi connectivity index (χ1n) is 9.64. The van der Waals surface area contributed by atoms with Crippen LogP contribution in [-0.4, -0.2) is 33.7 Å². The van der Waals surface area contributed by atoms with Crippen LogP contribution >= 0.6 is 0 Å². The Morgan fingerprint density at radius 1 is 0.900 bits per heavy atom. The number of esters is 1. The van der Waals surface area contributed by atoms with E-state index in [1.807, 2.05) is 60.7 Å². The molecule has 0 saturated carbocycles. The smallest absolute Gasteiger partial charge is 0.355 e. The second kappa shape index (κ2) is 9.69. The lowest BCUT2D eigenvalue weighted by Gasteiger charge is -2.23. The molecule has 30 heavy (non-hydrogen) atoms. The molecule has 0 bridgehead atoms. The minimum atomic E-state index is -0.641. The van der Waals surface area contributed by atoms with E-state index in [1.165, 1.54) is 17.6 Å². The first-order valence-corrected chi connectivity index (χ1v) is 9.64. The van der Waals surface area contributed by atoms with Gasteiger partial charge in [0.15, 0.2) is 12.4 Å². The number of nitrogens with zero attached hydrogens (tertiary/aromatic N) is 2. The maximum Gasteiger partial charge on any atom is 0.355 e. The molecule has 1 amide bonds. The molecule has 0 aliphatic carbocycles. The summed E-state index contributed by atoms with van der Waals surface area (Å²) in [5.74, 6) is -1.08. The van der Waals surface area contributed by atoms with Gasteiger partial charge in [-0.1, -0.05) is 60.7 Å². The van der Waals surface area contributed by atoms with Crippen LogP contribution in [0.4, 0.5) is 0 Å². The third-order valence-corrected chi connectivity index (χ3v) is 4.73. The molecule has 0 N–H and O–H groups in total. The minimum Gasteiger partial charge on any atom is -0.451 e. The summed E-state index contributed by atoms with van der Waals surface area (Å²) in [7, 11) is 1.65. The summed E-state index contributed by atoms with van der Waals surface area (Å²) in [5, 5.41) is 0. The number of rotatable bonds is 8. The number of aryl methyl sites for hydroxylation is 1. The first kappa shape index (κ1) is 21.0. The van der Waals surface area contributed by atoms with E-state index in [0.717, 1.165) is 11.1 Å². The van der Waals surface area contributed by atoms with Gasteiger partial charge in [-0.3, -0.25) is 9.59 Å². The average molecular weight is 404 g/mol. The Hall–Kier alpha value is -3.67. The molecule has 6 heteroatoms. The fourth-order valence-corrected chi connectivity index (χ4v) is 3.09. The SMILES string of the molecule is CC(=O)c1cc(C(=O)OCC(=O)N(Cc2ccccc2)Cc2ccccc2)n(C)c1. The van der Waals surface area contributed by atoms with Gasteiger partial charge in [-0.25, -0.2) is 4.79 Å². The van der Waals surface area contributed by atoms with Crippen LogP contribution < -0.4 is 0 Å². The van der Waals surface area contributed by atoms with Crippen molar-refractivity contribution in [2.75, 3.05) is 6.61 Å². The number of Topliss-reactive ketones (excluding diaryl/α,β-unsaturated/α-hetero) is 1. The van der Waals surface area contributed by atoms with Crippen molar-refractivity contribution in [1.29, 1.82) is 0 Å². The van der Waals surface area contributed by atoms with Crippen LogP contribution in [0.3, 0.4) is 0 Å². The average Bonchev–Trinajstić information content (AvgIpc) is 3.15. The van der Waals surface area contributed by atoms with Crippen molar-refractivity contribution in [2.24, 2.45) is 7.05 Å². The predicted octanol–water partition coefficient (Wildman–Crippen LogP) is 3.61. The van der Waals surface area contributed by atoms with Crippen molar-refractivity contribution in [2.45, 2.75) is 20.0 Å². The van der Waals surface area contributed by atoms with Gasteiger partial charge >= 0.3 is 5.97 Å². The maximum absolute atomic E-state index is 12.9. The molecular weight excluding hydrogens is 380 g/mol. The summed E-state index contributed by atoms with van der Waals surface area (Å²) in [6.45, 7) is 1.87. The molecule has 0 aliphatic rings. The number of hydrogen-bond donors (Lipinski definition) is 0. The second-order valence-electron chi connectivity index (χ2n) is 7.08. The van der Waals surface area contributed by atoms with Crippen LogP contribution in [0.5, 0.6) is 0 Å². The zero-order valence-corrected chi connectivity index (χ0v) is 17.1. The molecule has 2 aromatic carbocycles. The highest BCUT2D eigenvalue weighted by molar-refractivity contribution is 5.98. The maximum atomic E-state index is 12.9. The number of aromatic nitrogens is 1. The highest BCUT2D eigenvalue weighted by Crippen LogP contribution is 2.12. The molecule has 0 radical (unpaired) electrons. The molecule has 0 unspecified atom stereocenters. The summed E-state index contributed by atoms with van der Waals surface area (Å²) < 4.78 is 6.78. The first-order chi connectivity index (χ1) is 14.4. The van der Waals surface area contributed by atoms with E-state index in [2.05, 4.69) is 0 Å². The van der Waals surface area contributed by atoms with Crippen LogP contribution in [0.1, 0.15) is 38.9 Å². The molecule has 0 atom stereocenters. The predicted molar refractivity (Wildman–Crippen MR) is 113 cm³/mol. The van der Waals surface area contributed by atoms with E-state index in [4.69, 9.17) is 4.74 Å². The third kappa shape index (κ3) is 5.44. The number of carbonyl (C=O) groups is 3. The zero-order chi connectivity index (χ0) is 21.5. The van der Waals surface area contributed by atoms with Gasteiger partial charge in [-0.2, -0.15) is 0 Å². The summed E-state index contributed by atoms with van der Waals surface area (Å²) in [6.07, 6.45) is 1.57. The van der Waals surface area contributed by atoms with E-state index < -0.39 is 5.97 Å². The van der Waals surface area contributed by atoms with Gasteiger partial charge in [-0.05, 0) is 24.1 Å². The molecule has 0 saturated heterocycles. The topological polar surface area (TPSA) is 68.6 Å². The van der Waals surface area contributed by atoms with Gasteiger partial charge < -0.3 is 14.2 Å². The van der Waals surface area contributed by atoms with E-state index >= 15 is 0 Å². The number of carbonyl (C=O) groups excluding carboxylic acids is 3. The third-order valence-electron chi connectivity index (χ3n) is 4.73. The number of hydrogen-bond acceptors (Lipinski definition) is 4. The van der Waals surface area contributed by atoms with E-state index in [-0.39, 0.29) is 24.0 Å². The molecule has 154 valence electrons. The lowest BCUT2D eigenvalue weighted by atomic mass is 10.1. The van der Waals surface area contributed by atoms with Gasteiger partial charge in [0.2, 0.25) is 0 Å². The van der Waals surface area contributed by atoms with Crippen LogP contribution in [-0.2, 0) is 29.7 Å². The monoisotopic (exact) mass is 404 g/mol. The van der Waals surface area contributed by atoms with E-state index in [1.54, 1.807) is 18.1 Å². The van der Waals surface area contributed by atoms with E-state index in [0.29, 0.717) is 18.7 Å². The number of ketones is 1. The molecule has 6 nitrogen and oxygen atoms in total. The Bertz CT molecular complexity index is 984. The van der Waals surface area contributed by atoms with Crippen molar-refractivity contribution in [1.82, 2.24) is 9.47 Å².